The number of amides is 1. The summed E-state index contributed by atoms with van der Waals surface area (Å²) in [6.45, 7) is 7.25. The van der Waals surface area contributed by atoms with E-state index in [4.69, 9.17) is 4.74 Å². The minimum atomic E-state index is 0.0998. The van der Waals surface area contributed by atoms with Crippen molar-refractivity contribution >= 4 is 11.9 Å². The van der Waals surface area contributed by atoms with Gasteiger partial charge in [-0.25, -0.2) is 4.99 Å². The zero-order valence-corrected chi connectivity index (χ0v) is 17.3. The van der Waals surface area contributed by atoms with Crippen molar-refractivity contribution in [2.24, 2.45) is 10.9 Å². The van der Waals surface area contributed by atoms with Gasteiger partial charge in [-0.1, -0.05) is 24.3 Å². The first kappa shape index (κ1) is 20.6. The molecule has 0 spiro atoms. The largest absolute Gasteiger partial charge is 0.381 e. The molecule has 0 aromatic heterocycles. The van der Waals surface area contributed by atoms with E-state index in [0.717, 1.165) is 70.4 Å². The lowest BCUT2D eigenvalue weighted by Gasteiger charge is -2.29. The van der Waals surface area contributed by atoms with Gasteiger partial charge in [0.2, 0.25) is 5.91 Å². The Morgan fingerprint density at radius 2 is 2.04 bits per heavy atom. The van der Waals surface area contributed by atoms with Crippen molar-refractivity contribution < 1.29 is 9.53 Å². The van der Waals surface area contributed by atoms with Crippen molar-refractivity contribution in [3.05, 3.63) is 35.4 Å². The van der Waals surface area contributed by atoms with Gasteiger partial charge in [-0.05, 0) is 49.7 Å². The molecule has 6 heteroatoms. The quantitative estimate of drug-likeness (QED) is 0.602. The van der Waals surface area contributed by atoms with Crippen LogP contribution >= 0.6 is 0 Å². The summed E-state index contributed by atoms with van der Waals surface area (Å²) in [5.74, 6) is 1.65. The zero-order chi connectivity index (χ0) is 19.8. The molecule has 0 saturated carbocycles. The minimum Gasteiger partial charge on any atom is -0.381 e. The fourth-order valence-electron chi connectivity index (χ4n) is 3.94. The number of rotatable bonds is 6. The molecule has 1 aromatic carbocycles. The second-order valence-corrected chi connectivity index (χ2v) is 7.77. The van der Waals surface area contributed by atoms with Crippen LogP contribution in [0.3, 0.4) is 0 Å². The van der Waals surface area contributed by atoms with Gasteiger partial charge in [0.25, 0.3) is 0 Å². The van der Waals surface area contributed by atoms with E-state index in [2.05, 4.69) is 47.4 Å². The van der Waals surface area contributed by atoms with E-state index in [1.807, 2.05) is 11.0 Å². The van der Waals surface area contributed by atoms with E-state index < -0.39 is 0 Å². The van der Waals surface area contributed by atoms with Gasteiger partial charge in [0.1, 0.15) is 6.54 Å². The van der Waals surface area contributed by atoms with E-state index in [0.29, 0.717) is 6.54 Å². The second-order valence-electron chi connectivity index (χ2n) is 7.77. The van der Waals surface area contributed by atoms with Crippen LogP contribution in [0.2, 0.25) is 0 Å². The van der Waals surface area contributed by atoms with Crippen LogP contribution in [0.4, 0.5) is 0 Å². The first-order chi connectivity index (χ1) is 13.7. The van der Waals surface area contributed by atoms with Gasteiger partial charge >= 0.3 is 0 Å². The van der Waals surface area contributed by atoms with Gasteiger partial charge < -0.3 is 19.9 Å². The van der Waals surface area contributed by atoms with Crippen LogP contribution < -0.4 is 5.32 Å². The van der Waals surface area contributed by atoms with Crippen LogP contribution in [0.5, 0.6) is 0 Å². The Kier molecular flexibility index (Phi) is 7.71. The number of guanidine groups is 1. The van der Waals surface area contributed by atoms with Crippen molar-refractivity contribution in [3.63, 3.8) is 0 Å². The molecule has 0 unspecified atom stereocenters. The molecule has 1 aromatic rings. The summed E-state index contributed by atoms with van der Waals surface area (Å²) in [6.07, 6.45) is 4.37. The molecule has 2 aliphatic rings. The normalized spacial score (nSPS) is 17.9. The van der Waals surface area contributed by atoms with Crippen molar-refractivity contribution in [3.8, 4) is 0 Å². The predicted octanol–water partition coefficient (Wildman–Crippen LogP) is 2.29. The van der Waals surface area contributed by atoms with Crippen LogP contribution in [0.15, 0.2) is 29.3 Å². The van der Waals surface area contributed by atoms with E-state index >= 15 is 0 Å². The number of nitrogens with one attached hydrogen (secondary N) is 1. The Morgan fingerprint density at radius 3 is 2.79 bits per heavy atom. The summed E-state index contributed by atoms with van der Waals surface area (Å²) >= 11 is 0. The summed E-state index contributed by atoms with van der Waals surface area (Å²) in [6, 6.07) is 8.39. The molecule has 1 amide bonds. The van der Waals surface area contributed by atoms with E-state index in [1.165, 1.54) is 11.1 Å². The van der Waals surface area contributed by atoms with Gasteiger partial charge in [0, 0.05) is 46.4 Å². The van der Waals surface area contributed by atoms with Crippen LogP contribution in [0.25, 0.3) is 0 Å². The van der Waals surface area contributed by atoms with Crippen molar-refractivity contribution in [2.45, 2.75) is 39.2 Å². The first-order valence-electron chi connectivity index (χ1n) is 10.6. The number of hydrogen-bond donors (Lipinski definition) is 1. The van der Waals surface area contributed by atoms with Gasteiger partial charge in [-0.3, -0.25) is 4.79 Å². The third kappa shape index (κ3) is 5.71. The highest BCUT2D eigenvalue weighted by atomic mass is 16.5. The molecule has 0 aliphatic carbocycles. The van der Waals surface area contributed by atoms with Crippen LogP contribution in [-0.2, 0) is 22.5 Å². The molecule has 6 nitrogen and oxygen atoms in total. The molecule has 0 atom stereocenters. The fraction of sp³-hybridized carbons (Fsp3) is 0.636. The molecule has 1 saturated heterocycles. The van der Waals surface area contributed by atoms with Gasteiger partial charge in [0.05, 0.1) is 0 Å². The number of nitrogens with zero attached hydrogens (tertiary/aromatic N) is 3. The predicted molar refractivity (Wildman–Crippen MR) is 112 cm³/mol. The maximum Gasteiger partial charge on any atom is 0.244 e. The average Bonchev–Trinajstić information content (AvgIpc) is 2.75. The molecule has 1 N–H and O–H groups in total. The maximum absolute atomic E-state index is 12.7. The van der Waals surface area contributed by atoms with Crippen LogP contribution in [0.1, 0.15) is 37.3 Å². The molecule has 2 heterocycles. The van der Waals surface area contributed by atoms with Gasteiger partial charge in [-0.2, -0.15) is 0 Å². The number of ether oxygens (including phenoxy) is 1. The summed E-state index contributed by atoms with van der Waals surface area (Å²) in [4.78, 5) is 21.4. The van der Waals surface area contributed by atoms with E-state index in [-0.39, 0.29) is 12.5 Å². The van der Waals surface area contributed by atoms with Crippen LogP contribution in [-0.4, -0.2) is 68.1 Å². The molecule has 3 rings (SSSR count). The minimum absolute atomic E-state index is 0.0998. The highest BCUT2D eigenvalue weighted by Gasteiger charge is 2.20. The number of carbonyl (C=O) groups is 1. The number of benzene rings is 1. The molecule has 28 heavy (non-hydrogen) atoms. The zero-order valence-electron chi connectivity index (χ0n) is 17.3. The van der Waals surface area contributed by atoms with Crippen LogP contribution in [0, 0.1) is 5.92 Å². The van der Waals surface area contributed by atoms with Gasteiger partial charge in [-0.15, -0.1) is 0 Å². The lowest BCUT2D eigenvalue weighted by molar-refractivity contribution is -0.130. The summed E-state index contributed by atoms with van der Waals surface area (Å²) in [7, 11) is 2.06. The summed E-state index contributed by atoms with van der Waals surface area (Å²) < 4.78 is 5.45. The first-order valence-corrected chi connectivity index (χ1v) is 10.6. The third-order valence-corrected chi connectivity index (χ3v) is 5.76. The standard InChI is InChI=1S/C22H34N4O2/c1-3-23-22(25(2)12-8-18-10-14-28-15-11-18)24-16-21(27)26-13-9-19-6-4-5-7-20(19)17-26/h4-7,18H,3,8-17H2,1-2H3,(H,23,24). The molecule has 154 valence electrons. The van der Waals surface area contributed by atoms with Crippen molar-refractivity contribution in [1.82, 2.24) is 15.1 Å². The van der Waals surface area contributed by atoms with Crippen molar-refractivity contribution in [2.75, 3.05) is 46.4 Å². The maximum atomic E-state index is 12.7. The molecular weight excluding hydrogens is 352 g/mol. The lowest BCUT2D eigenvalue weighted by atomic mass is 9.96. The van der Waals surface area contributed by atoms with Crippen molar-refractivity contribution in [1.29, 1.82) is 0 Å². The lowest BCUT2D eigenvalue weighted by Crippen LogP contribution is -2.42. The number of fused-ring (bicyclic) bond motifs is 1. The van der Waals surface area contributed by atoms with Gasteiger partial charge in [0.15, 0.2) is 5.96 Å². The number of carbonyl (C=O) groups excluding carboxylic acids is 1. The number of hydrogen-bond acceptors (Lipinski definition) is 3. The van der Waals surface area contributed by atoms with E-state index in [1.54, 1.807) is 0 Å². The topological polar surface area (TPSA) is 57.2 Å². The Morgan fingerprint density at radius 1 is 1.29 bits per heavy atom. The Hall–Kier alpha value is -2.08. The molecular formula is C22H34N4O2. The fourth-order valence-corrected chi connectivity index (χ4v) is 3.94. The Balaban J connectivity index is 1.52. The smallest absolute Gasteiger partial charge is 0.244 e. The Bertz CT molecular complexity index is 670. The second kappa shape index (κ2) is 10.5. The summed E-state index contributed by atoms with van der Waals surface area (Å²) in [5, 5.41) is 3.32. The average molecular weight is 387 g/mol. The molecule has 0 radical (unpaired) electrons. The van der Waals surface area contributed by atoms with E-state index in [9.17, 15) is 4.79 Å². The Labute approximate surface area is 168 Å². The highest BCUT2D eigenvalue weighted by Crippen LogP contribution is 2.19. The molecule has 0 bridgehead atoms. The summed E-state index contributed by atoms with van der Waals surface area (Å²) in [5.41, 5.74) is 2.61. The monoisotopic (exact) mass is 386 g/mol. The third-order valence-electron chi connectivity index (χ3n) is 5.76. The highest BCUT2D eigenvalue weighted by molar-refractivity contribution is 5.85. The SMILES string of the molecule is CCNC(=NCC(=O)N1CCc2ccccc2C1)N(C)CCC1CCOCC1. The molecule has 1 fully saturated rings. The number of aliphatic imine (C=N–C) groups is 1. The molecule has 2 aliphatic heterocycles.